The van der Waals surface area contributed by atoms with Gasteiger partial charge in [0.15, 0.2) is 11.6 Å². The van der Waals surface area contributed by atoms with Crippen LogP contribution in [0.4, 0.5) is 0 Å². The number of aliphatic imine (C=N–C) groups is 1. The van der Waals surface area contributed by atoms with Crippen molar-refractivity contribution in [2.75, 3.05) is 34.0 Å². The molecule has 11 heteroatoms. The van der Waals surface area contributed by atoms with Crippen LogP contribution in [0.5, 0.6) is 17.2 Å². The zero-order chi connectivity index (χ0) is 30.8. The van der Waals surface area contributed by atoms with Gasteiger partial charge in [0, 0.05) is 47.2 Å². The molecule has 1 amide bonds. The van der Waals surface area contributed by atoms with Crippen LogP contribution in [0, 0.1) is 0 Å². The van der Waals surface area contributed by atoms with Gasteiger partial charge < -0.3 is 24.1 Å². The van der Waals surface area contributed by atoms with Gasteiger partial charge in [-0.1, -0.05) is 35.3 Å². The van der Waals surface area contributed by atoms with Crippen molar-refractivity contribution in [2.45, 2.75) is 30.9 Å². The number of aliphatic hydroxyl groups is 1. The Kier molecular flexibility index (Phi) is 11.3. The second-order valence-electron chi connectivity index (χ2n) is 9.76. The lowest BCUT2D eigenvalue weighted by Crippen LogP contribution is -2.52. The van der Waals surface area contributed by atoms with Gasteiger partial charge in [0.2, 0.25) is 5.90 Å². The molecule has 0 fully saturated rings. The zero-order valence-corrected chi connectivity index (χ0v) is 25.6. The maximum Gasteiger partial charge on any atom is 0.266 e. The van der Waals surface area contributed by atoms with Gasteiger partial charge in [-0.15, -0.1) is 6.58 Å². The van der Waals surface area contributed by atoms with Crippen LogP contribution >= 0.6 is 23.2 Å². The summed E-state index contributed by atoms with van der Waals surface area (Å²) in [5.74, 6) is 1.93. The summed E-state index contributed by atoms with van der Waals surface area (Å²) in [6.45, 7) is 4.74. The fourth-order valence-electron chi connectivity index (χ4n) is 4.75. The summed E-state index contributed by atoms with van der Waals surface area (Å²) in [6, 6.07) is 17.8. The summed E-state index contributed by atoms with van der Waals surface area (Å²) >= 11 is 12.8. The van der Waals surface area contributed by atoms with Crippen LogP contribution in [0.25, 0.3) is 0 Å². The van der Waals surface area contributed by atoms with E-state index in [0.29, 0.717) is 58.7 Å². The van der Waals surface area contributed by atoms with Gasteiger partial charge in [-0.05, 0) is 66.6 Å². The van der Waals surface area contributed by atoms with E-state index in [2.05, 4.69) is 17.4 Å². The Labute approximate surface area is 261 Å². The highest BCUT2D eigenvalue weighted by molar-refractivity contribution is 6.35. The van der Waals surface area contributed by atoms with Gasteiger partial charge >= 0.3 is 0 Å². The van der Waals surface area contributed by atoms with Crippen molar-refractivity contribution < 1.29 is 28.8 Å². The number of ether oxygens (including phenoxy) is 4. The molecule has 9 nitrogen and oxygen atoms in total. The number of carbonyl (C=O) groups is 1. The van der Waals surface area contributed by atoms with Gasteiger partial charge in [-0.3, -0.25) is 10.2 Å². The van der Waals surface area contributed by atoms with Gasteiger partial charge in [-0.25, -0.2) is 10.4 Å². The molecule has 0 unspecified atom stereocenters. The largest absolute Gasteiger partial charge is 0.497 e. The van der Waals surface area contributed by atoms with E-state index < -0.39 is 17.6 Å². The number of halogens is 2. The first-order valence-electron chi connectivity index (χ1n) is 13.8. The fraction of sp³-hybridized carbons (Fsp3) is 0.312. The molecule has 43 heavy (non-hydrogen) atoms. The van der Waals surface area contributed by atoms with Crippen LogP contribution < -0.4 is 25.1 Å². The third-order valence-electron chi connectivity index (χ3n) is 6.94. The number of rotatable bonds is 15. The van der Waals surface area contributed by atoms with Crippen LogP contribution in [0.2, 0.25) is 10.0 Å². The number of carbonyl (C=O) groups excluding carboxylic acids is 1. The van der Waals surface area contributed by atoms with Crippen LogP contribution in [-0.2, 0) is 16.0 Å². The normalized spacial score (nSPS) is 17.5. The minimum atomic E-state index is -1.43. The third kappa shape index (κ3) is 7.61. The van der Waals surface area contributed by atoms with Crippen molar-refractivity contribution in [3.8, 4) is 17.2 Å². The van der Waals surface area contributed by atoms with Crippen LogP contribution in [0.3, 0.4) is 0 Å². The number of hydrogen-bond donors (Lipinski definition) is 3. The number of hydrogen-bond acceptors (Lipinski definition) is 8. The SMILES string of the molecule is C=CC[C@]1(C(=O)NNCCc2cc(OC)ccc2OC)N=C(c2ccc(OCCCO)cc2)O[C@H]1c1ccc(Cl)cc1Cl. The Hall–Kier alpha value is -3.76. The first-order chi connectivity index (χ1) is 20.8. The van der Waals surface area contributed by atoms with Gasteiger partial charge in [-0.2, -0.15) is 0 Å². The summed E-state index contributed by atoms with van der Waals surface area (Å²) in [4.78, 5) is 18.8. The van der Waals surface area contributed by atoms with E-state index in [1.54, 1.807) is 62.8 Å². The lowest BCUT2D eigenvalue weighted by atomic mass is 9.84. The number of aliphatic hydroxyl groups excluding tert-OH is 1. The highest BCUT2D eigenvalue weighted by atomic mass is 35.5. The minimum Gasteiger partial charge on any atom is -0.497 e. The maximum atomic E-state index is 14.0. The van der Waals surface area contributed by atoms with Crippen molar-refractivity contribution in [3.63, 3.8) is 0 Å². The molecule has 0 spiro atoms. The van der Waals surface area contributed by atoms with E-state index in [1.165, 1.54) is 0 Å². The molecule has 3 aromatic carbocycles. The minimum absolute atomic E-state index is 0.0505. The second kappa shape index (κ2) is 15.1. The third-order valence-corrected chi connectivity index (χ3v) is 7.50. The number of amides is 1. The van der Waals surface area contributed by atoms with E-state index in [-0.39, 0.29) is 18.9 Å². The Morgan fingerprint density at radius 1 is 1.09 bits per heavy atom. The Balaban J connectivity index is 1.59. The van der Waals surface area contributed by atoms with E-state index >= 15 is 0 Å². The lowest BCUT2D eigenvalue weighted by molar-refractivity contribution is -0.129. The highest BCUT2D eigenvalue weighted by Crippen LogP contribution is 2.45. The van der Waals surface area contributed by atoms with Gasteiger partial charge in [0.25, 0.3) is 5.91 Å². The summed E-state index contributed by atoms with van der Waals surface area (Å²) in [5, 5.41) is 9.81. The molecule has 0 saturated carbocycles. The van der Waals surface area contributed by atoms with E-state index in [1.807, 2.05) is 18.2 Å². The number of nitrogens with zero attached hydrogens (tertiary/aromatic N) is 1. The van der Waals surface area contributed by atoms with Crippen molar-refractivity contribution >= 4 is 35.0 Å². The van der Waals surface area contributed by atoms with E-state index in [9.17, 15) is 4.79 Å². The molecule has 4 rings (SSSR count). The van der Waals surface area contributed by atoms with Crippen molar-refractivity contribution in [3.05, 3.63) is 100 Å². The van der Waals surface area contributed by atoms with E-state index in [0.717, 1.165) is 11.3 Å². The lowest BCUT2D eigenvalue weighted by Gasteiger charge is -2.30. The first kappa shape index (κ1) is 32.2. The molecule has 1 aliphatic rings. The number of hydrazine groups is 1. The summed E-state index contributed by atoms with van der Waals surface area (Å²) in [7, 11) is 3.21. The quantitative estimate of drug-likeness (QED) is 0.116. The van der Waals surface area contributed by atoms with Crippen LogP contribution in [0.15, 0.2) is 78.3 Å². The van der Waals surface area contributed by atoms with Crippen molar-refractivity contribution in [2.24, 2.45) is 4.99 Å². The number of benzene rings is 3. The van der Waals surface area contributed by atoms with E-state index in [4.69, 9.17) is 52.2 Å². The summed E-state index contributed by atoms with van der Waals surface area (Å²) < 4.78 is 22.8. The zero-order valence-electron chi connectivity index (χ0n) is 24.1. The Morgan fingerprint density at radius 2 is 1.86 bits per heavy atom. The molecule has 3 aromatic rings. The molecular formula is C32H35Cl2N3O6. The fourth-order valence-corrected chi connectivity index (χ4v) is 5.26. The highest BCUT2D eigenvalue weighted by Gasteiger charge is 2.53. The molecule has 2 atom stereocenters. The monoisotopic (exact) mass is 627 g/mol. The average Bonchev–Trinajstić information content (AvgIpc) is 3.39. The molecular weight excluding hydrogens is 593 g/mol. The number of methoxy groups -OCH3 is 2. The Bertz CT molecular complexity index is 1450. The van der Waals surface area contributed by atoms with Gasteiger partial charge in [0.05, 0.1) is 20.8 Å². The maximum absolute atomic E-state index is 14.0. The smallest absolute Gasteiger partial charge is 0.266 e. The van der Waals surface area contributed by atoms with Crippen molar-refractivity contribution in [1.82, 2.24) is 10.9 Å². The molecule has 0 saturated heterocycles. The van der Waals surface area contributed by atoms with Gasteiger partial charge in [0.1, 0.15) is 17.2 Å². The average molecular weight is 629 g/mol. The molecule has 1 heterocycles. The molecule has 1 aliphatic heterocycles. The molecule has 0 bridgehead atoms. The molecule has 3 N–H and O–H groups in total. The molecule has 0 aromatic heterocycles. The molecule has 228 valence electrons. The number of nitrogens with one attached hydrogen (secondary N) is 2. The molecule has 0 radical (unpaired) electrons. The standard InChI is InChI=1S/C32H35Cl2N3O6/c1-4-15-32(31(39)37-35-16-14-22-19-25(40-2)11-13-28(22)41-3)29(26-12-8-23(33)20-27(26)34)43-30(36-32)21-6-9-24(10-7-21)42-18-5-17-38/h4,6-13,19-20,29,35,38H,1,5,14-18H2,2-3H3,(H,37,39)/t29-,32-/m0/s1. The van der Waals surface area contributed by atoms with Crippen LogP contribution in [-0.4, -0.2) is 56.4 Å². The summed E-state index contributed by atoms with van der Waals surface area (Å²) in [5.41, 5.74) is 6.55. The first-order valence-corrected chi connectivity index (χ1v) is 14.5. The Morgan fingerprint density at radius 3 is 2.53 bits per heavy atom. The second-order valence-corrected chi connectivity index (χ2v) is 10.6. The van der Waals surface area contributed by atoms with Crippen LogP contribution in [0.1, 0.15) is 35.6 Å². The predicted octanol–water partition coefficient (Wildman–Crippen LogP) is 5.47. The molecule has 0 aliphatic carbocycles. The van der Waals surface area contributed by atoms with Crippen molar-refractivity contribution in [1.29, 1.82) is 0 Å². The summed E-state index contributed by atoms with van der Waals surface area (Å²) in [6.07, 6.45) is 2.01. The predicted molar refractivity (Wildman–Crippen MR) is 167 cm³/mol. The topological polar surface area (TPSA) is 111 Å².